The van der Waals surface area contributed by atoms with Gasteiger partial charge in [-0.05, 0) is 44.4 Å². The van der Waals surface area contributed by atoms with E-state index in [1.807, 2.05) is 6.92 Å². The maximum Gasteiger partial charge on any atom is 0.239 e. The molecular weight excluding hydrogens is 236 g/mol. The van der Waals surface area contributed by atoms with Gasteiger partial charge in [-0.1, -0.05) is 26.2 Å². The lowest BCUT2D eigenvalue weighted by molar-refractivity contribution is -0.133. The van der Waals surface area contributed by atoms with Gasteiger partial charge in [-0.25, -0.2) is 0 Å². The number of rotatable bonds is 5. The van der Waals surface area contributed by atoms with E-state index in [0.29, 0.717) is 11.3 Å². The maximum atomic E-state index is 12.4. The van der Waals surface area contributed by atoms with Crippen LogP contribution in [-0.4, -0.2) is 36.5 Å². The summed E-state index contributed by atoms with van der Waals surface area (Å²) in [6, 6.07) is -0.0119. The average Bonchev–Trinajstić information content (AvgIpc) is 2.65. The van der Waals surface area contributed by atoms with Gasteiger partial charge in [0.25, 0.3) is 0 Å². The minimum absolute atomic E-state index is 0.0119. The highest BCUT2D eigenvalue weighted by Crippen LogP contribution is 2.43. The van der Waals surface area contributed by atoms with Crippen molar-refractivity contribution >= 4 is 5.91 Å². The van der Waals surface area contributed by atoms with E-state index in [0.717, 1.165) is 19.6 Å². The Hall–Kier alpha value is -0.570. The molecule has 0 spiro atoms. The van der Waals surface area contributed by atoms with Gasteiger partial charge in [-0.15, -0.1) is 0 Å². The third-order valence-corrected chi connectivity index (χ3v) is 5.24. The number of carbonyl (C=O) groups excluding carboxylic acids is 1. The van der Waals surface area contributed by atoms with Crippen molar-refractivity contribution in [3.05, 3.63) is 0 Å². The largest absolute Gasteiger partial charge is 0.341 e. The fourth-order valence-corrected chi connectivity index (χ4v) is 3.35. The third-order valence-electron chi connectivity index (χ3n) is 5.24. The highest BCUT2D eigenvalue weighted by molar-refractivity contribution is 5.81. The molecule has 0 bridgehead atoms. The van der Waals surface area contributed by atoms with Crippen LogP contribution in [0.25, 0.3) is 0 Å². The van der Waals surface area contributed by atoms with Gasteiger partial charge in [-0.3, -0.25) is 4.79 Å². The highest BCUT2D eigenvalue weighted by Gasteiger charge is 2.35. The lowest BCUT2D eigenvalue weighted by Crippen LogP contribution is -2.49. The maximum absolute atomic E-state index is 12.4. The average molecular weight is 266 g/mol. The smallest absolute Gasteiger partial charge is 0.239 e. The van der Waals surface area contributed by atoms with Crippen molar-refractivity contribution in [2.75, 3.05) is 19.6 Å². The monoisotopic (exact) mass is 266 g/mol. The quantitative estimate of drug-likeness (QED) is 0.830. The zero-order valence-electron chi connectivity index (χ0n) is 12.7. The van der Waals surface area contributed by atoms with Crippen LogP contribution in [0.5, 0.6) is 0 Å². The summed E-state index contributed by atoms with van der Waals surface area (Å²) in [7, 11) is 0. The fraction of sp³-hybridized carbons (Fsp3) is 0.938. The van der Waals surface area contributed by atoms with Gasteiger partial charge in [0.05, 0.1) is 6.04 Å². The Balaban J connectivity index is 1.78. The van der Waals surface area contributed by atoms with Crippen LogP contribution in [-0.2, 0) is 4.79 Å². The van der Waals surface area contributed by atoms with Crippen LogP contribution in [0.3, 0.4) is 0 Å². The molecule has 0 aromatic heterocycles. The number of nitrogens with one attached hydrogen (secondary N) is 1. The van der Waals surface area contributed by atoms with Gasteiger partial charge >= 0.3 is 0 Å². The summed E-state index contributed by atoms with van der Waals surface area (Å²) in [5.41, 5.74) is 0.493. The minimum atomic E-state index is -0.0119. The van der Waals surface area contributed by atoms with Crippen molar-refractivity contribution < 1.29 is 4.79 Å². The Kier molecular flexibility index (Phi) is 5.26. The molecule has 0 radical (unpaired) electrons. The second kappa shape index (κ2) is 6.74. The lowest BCUT2D eigenvalue weighted by Gasteiger charge is -2.42. The molecule has 2 fully saturated rings. The van der Waals surface area contributed by atoms with Crippen LogP contribution >= 0.6 is 0 Å². The molecule has 2 aliphatic rings. The molecule has 0 aromatic rings. The Bertz CT molecular complexity index is 286. The van der Waals surface area contributed by atoms with Crippen LogP contribution in [0.2, 0.25) is 0 Å². The number of amides is 1. The van der Waals surface area contributed by atoms with Crippen LogP contribution in [0.1, 0.15) is 65.2 Å². The lowest BCUT2D eigenvalue weighted by atomic mass is 9.67. The number of nitrogens with zero attached hydrogens (tertiary/aromatic N) is 1. The van der Waals surface area contributed by atoms with E-state index in [4.69, 9.17) is 0 Å². The number of hydrogen-bond donors (Lipinski definition) is 1. The second-order valence-electron chi connectivity index (χ2n) is 6.55. The summed E-state index contributed by atoms with van der Waals surface area (Å²) in [5.74, 6) is 0.312. The third kappa shape index (κ3) is 3.71. The Labute approximate surface area is 118 Å². The molecule has 1 unspecified atom stereocenters. The Morgan fingerprint density at radius 1 is 1.16 bits per heavy atom. The first-order chi connectivity index (χ1) is 9.17. The van der Waals surface area contributed by atoms with Gasteiger partial charge in [-0.2, -0.15) is 0 Å². The molecule has 1 saturated heterocycles. The molecule has 1 saturated carbocycles. The number of hydrogen-bond acceptors (Lipinski definition) is 2. The molecule has 2 rings (SSSR count). The van der Waals surface area contributed by atoms with Crippen molar-refractivity contribution in [2.45, 2.75) is 71.3 Å². The van der Waals surface area contributed by atoms with E-state index in [9.17, 15) is 4.79 Å². The molecular formula is C16H30N2O. The molecule has 1 aliphatic carbocycles. The van der Waals surface area contributed by atoms with Crippen molar-refractivity contribution in [3.8, 4) is 0 Å². The summed E-state index contributed by atoms with van der Waals surface area (Å²) >= 11 is 0. The summed E-state index contributed by atoms with van der Waals surface area (Å²) in [5, 5.41) is 3.50. The standard InChI is InChI=1S/C16H30N2O/c1-3-16(9-8-10-16)13-17-14(2)15(19)18-11-6-4-5-7-12-18/h14,17H,3-13H2,1-2H3. The molecule has 1 amide bonds. The van der Waals surface area contributed by atoms with E-state index in [1.54, 1.807) is 0 Å². The predicted molar refractivity (Wildman–Crippen MR) is 79.1 cm³/mol. The van der Waals surface area contributed by atoms with E-state index < -0.39 is 0 Å². The van der Waals surface area contributed by atoms with Gasteiger partial charge in [0.2, 0.25) is 5.91 Å². The zero-order valence-corrected chi connectivity index (χ0v) is 12.7. The predicted octanol–water partition coefficient (Wildman–Crippen LogP) is 2.95. The topological polar surface area (TPSA) is 32.3 Å². The SMILES string of the molecule is CCC1(CNC(C)C(=O)N2CCCCCC2)CCC1. The van der Waals surface area contributed by atoms with E-state index >= 15 is 0 Å². The molecule has 0 aromatic carbocycles. The molecule has 3 nitrogen and oxygen atoms in total. The van der Waals surface area contributed by atoms with Crippen molar-refractivity contribution in [1.29, 1.82) is 0 Å². The van der Waals surface area contributed by atoms with Gasteiger partial charge in [0.15, 0.2) is 0 Å². The van der Waals surface area contributed by atoms with E-state index in [-0.39, 0.29) is 6.04 Å². The zero-order chi connectivity index (χ0) is 13.7. The van der Waals surface area contributed by atoms with E-state index in [2.05, 4.69) is 17.1 Å². The minimum Gasteiger partial charge on any atom is -0.341 e. The summed E-state index contributed by atoms with van der Waals surface area (Å²) in [6.45, 7) is 7.26. The molecule has 19 heavy (non-hydrogen) atoms. The number of likely N-dealkylation sites (tertiary alicyclic amines) is 1. The van der Waals surface area contributed by atoms with Crippen molar-refractivity contribution in [1.82, 2.24) is 10.2 Å². The fourth-order valence-electron chi connectivity index (χ4n) is 3.35. The van der Waals surface area contributed by atoms with E-state index in [1.165, 1.54) is 51.4 Å². The molecule has 3 heteroatoms. The summed E-state index contributed by atoms with van der Waals surface area (Å²) in [6.07, 6.45) is 10.2. The molecule has 1 heterocycles. The summed E-state index contributed by atoms with van der Waals surface area (Å²) in [4.78, 5) is 14.5. The normalized spacial score (nSPS) is 24.4. The van der Waals surface area contributed by atoms with Crippen LogP contribution < -0.4 is 5.32 Å². The van der Waals surface area contributed by atoms with Gasteiger partial charge < -0.3 is 10.2 Å². The first kappa shape index (κ1) is 14.8. The van der Waals surface area contributed by atoms with Crippen molar-refractivity contribution in [2.24, 2.45) is 5.41 Å². The molecule has 110 valence electrons. The van der Waals surface area contributed by atoms with Crippen LogP contribution in [0.15, 0.2) is 0 Å². The number of carbonyl (C=O) groups is 1. The highest BCUT2D eigenvalue weighted by atomic mass is 16.2. The van der Waals surface area contributed by atoms with Crippen LogP contribution in [0, 0.1) is 5.41 Å². The first-order valence-electron chi connectivity index (χ1n) is 8.19. The molecule has 1 N–H and O–H groups in total. The Morgan fingerprint density at radius 2 is 1.79 bits per heavy atom. The molecule has 1 aliphatic heterocycles. The second-order valence-corrected chi connectivity index (χ2v) is 6.55. The van der Waals surface area contributed by atoms with Crippen molar-refractivity contribution in [3.63, 3.8) is 0 Å². The van der Waals surface area contributed by atoms with Gasteiger partial charge in [0.1, 0.15) is 0 Å². The van der Waals surface area contributed by atoms with Crippen LogP contribution in [0.4, 0.5) is 0 Å². The first-order valence-corrected chi connectivity index (χ1v) is 8.19. The summed E-state index contributed by atoms with van der Waals surface area (Å²) < 4.78 is 0. The Morgan fingerprint density at radius 3 is 2.26 bits per heavy atom. The van der Waals surface area contributed by atoms with Gasteiger partial charge in [0, 0.05) is 19.6 Å². The molecule has 1 atom stereocenters.